The number of rotatable bonds is 5. The number of nitro benzene ring substituents is 1. The van der Waals surface area contributed by atoms with Crippen LogP contribution in [0.15, 0.2) is 18.2 Å². The van der Waals surface area contributed by atoms with Gasteiger partial charge >= 0.3 is 0 Å². The number of carbonyl (C=O) groups excluding carboxylic acids is 1. The molecule has 0 heterocycles. The number of hydrogen-bond donors (Lipinski definition) is 0. The van der Waals surface area contributed by atoms with Crippen LogP contribution in [-0.2, 0) is 4.74 Å². The second kappa shape index (κ2) is 7.31. The van der Waals surface area contributed by atoms with E-state index in [4.69, 9.17) is 4.74 Å². The number of carbonyl (C=O) groups is 1. The van der Waals surface area contributed by atoms with Gasteiger partial charge in [0.25, 0.3) is 11.6 Å². The van der Waals surface area contributed by atoms with Crippen molar-refractivity contribution in [1.29, 1.82) is 0 Å². The van der Waals surface area contributed by atoms with Gasteiger partial charge in [0, 0.05) is 31.2 Å². The van der Waals surface area contributed by atoms with Gasteiger partial charge < -0.3 is 9.64 Å². The predicted octanol–water partition coefficient (Wildman–Crippen LogP) is 3.93. The van der Waals surface area contributed by atoms with E-state index in [1.165, 1.54) is 18.6 Å². The van der Waals surface area contributed by atoms with Crippen LogP contribution in [0.3, 0.4) is 0 Å². The van der Waals surface area contributed by atoms with Gasteiger partial charge in [-0.2, -0.15) is 0 Å². The smallest absolute Gasteiger partial charge is 0.272 e. The summed E-state index contributed by atoms with van der Waals surface area (Å²) in [5, 5.41) is 10.8. The van der Waals surface area contributed by atoms with Crippen LogP contribution >= 0.6 is 0 Å². The van der Waals surface area contributed by atoms with Crippen LogP contribution in [0.4, 0.5) is 10.1 Å². The molecule has 0 radical (unpaired) electrons. The van der Waals surface area contributed by atoms with Gasteiger partial charge in [0.1, 0.15) is 5.82 Å². The summed E-state index contributed by atoms with van der Waals surface area (Å²) in [6.45, 7) is 2.62. The molecule has 0 bridgehead atoms. The first-order chi connectivity index (χ1) is 12.4. The average Bonchev–Trinajstić information content (AvgIpc) is 2.64. The van der Waals surface area contributed by atoms with Crippen LogP contribution in [0.1, 0.15) is 55.8 Å². The molecule has 2 aliphatic carbocycles. The third-order valence-electron chi connectivity index (χ3n) is 6.08. The fourth-order valence-electron chi connectivity index (χ4n) is 4.69. The molecule has 142 valence electrons. The number of non-ortho nitro benzene ring substituents is 1. The Kier molecular flexibility index (Phi) is 5.27. The van der Waals surface area contributed by atoms with Gasteiger partial charge in [-0.15, -0.1) is 0 Å². The summed E-state index contributed by atoms with van der Waals surface area (Å²) in [4.78, 5) is 24.6. The SMILES string of the molecule is CCO[C@@H]1C[C@H](N(C)C(=O)c2ccc([N+](=O)[O-])cc2F)C12CCCCC2. The molecule has 1 aromatic carbocycles. The highest BCUT2D eigenvalue weighted by Gasteiger charge is 2.57. The molecule has 1 aromatic rings. The van der Waals surface area contributed by atoms with Crippen molar-refractivity contribution in [3.63, 3.8) is 0 Å². The van der Waals surface area contributed by atoms with E-state index in [-0.39, 0.29) is 28.8 Å². The topological polar surface area (TPSA) is 72.7 Å². The number of hydrogen-bond acceptors (Lipinski definition) is 4. The number of nitrogens with zero attached hydrogens (tertiary/aromatic N) is 2. The summed E-state index contributed by atoms with van der Waals surface area (Å²) in [5.41, 5.74) is -0.523. The van der Waals surface area contributed by atoms with Crippen molar-refractivity contribution < 1.29 is 18.8 Å². The Hall–Kier alpha value is -2.02. The summed E-state index contributed by atoms with van der Waals surface area (Å²) in [5.74, 6) is -1.28. The van der Waals surface area contributed by atoms with Gasteiger partial charge in [0.2, 0.25) is 0 Å². The van der Waals surface area contributed by atoms with E-state index in [2.05, 4.69) is 0 Å². The minimum Gasteiger partial charge on any atom is -0.378 e. The molecular weight excluding hydrogens is 339 g/mol. The van der Waals surface area contributed by atoms with E-state index in [1.54, 1.807) is 11.9 Å². The molecule has 2 atom stereocenters. The number of nitro groups is 1. The maximum absolute atomic E-state index is 14.3. The molecule has 0 aliphatic heterocycles. The van der Waals surface area contributed by atoms with Crippen LogP contribution in [0.5, 0.6) is 0 Å². The zero-order valence-corrected chi connectivity index (χ0v) is 15.2. The van der Waals surface area contributed by atoms with Crippen LogP contribution < -0.4 is 0 Å². The maximum Gasteiger partial charge on any atom is 0.272 e. The van der Waals surface area contributed by atoms with Crippen molar-refractivity contribution in [2.24, 2.45) is 5.41 Å². The highest BCUT2D eigenvalue weighted by Crippen LogP contribution is 2.55. The first-order valence-corrected chi connectivity index (χ1v) is 9.23. The standard InChI is InChI=1S/C19H25FN2O4/c1-3-26-17-12-16(19(17)9-5-4-6-10-19)21(2)18(23)14-8-7-13(22(24)25)11-15(14)20/h7-8,11,16-17H,3-6,9-10,12H2,1-2H3/t16-,17+/m0/s1. The Labute approximate surface area is 152 Å². The van der Waals surface area contributed by atoms with Crippen LogP contribution in [0.2, 0.25) is 0 Å². The normalized spacial score (nSPS) is 24.1. The quantitative estimate of drug-likeness (QED) is 0.586. The van der Waals surface area contributed by atoms with E-state index >= 15 is 0 Å². The van der Waals surface area contributed by atoms with Gasteiger partial charge in [-0.05, 0) is 32.3 Å². The summed E-state index contributed by atoms with van der Waals surface area (Å²) in [6.07, 6.45) is 6.37. The third-order valence-corrected chi connectivity index (χ3v) is 6.08. The van der Waals surface area contributed by atoms with Crippen molar-refractivity contribution in [1.82, 2.24) is 4.90 Å². The van der Waals surface area contributed by atoms with E-state index in [0.717, 1.165) is 38.2 Å². The molecule has 3 rings (SSSR count). The zero-order valence-electron chi connectivity index (χ0n) is 15.2. The summed E-state index contributed by atoms with van der Waals surface area (Å²) in [6, 6.07) is 3.20. The molecule has 2 saturated carbocycles. The van der Waals surface area contributed by atoms with E-state index in [0.29, 0.717) is 6.61 Å². The number of amides is 1. The molecule has 2 fully saturated rings. The van der Waals surface area contributed by atoms with Gasteiger partial charge in [-0.25, -0.2) is 4.39 Å². The average molecular weight is 364 g/mol. The molecule has 7 heteroatoms. The third kappa shape index (κ3) is 3.09. The molecule has 1 spiro atoms. The van der Waals surface area contributed by atoms with Crippen molar-refractivity contribution in [2.75, 3.05) is 13.7 Å². The van der Waals surface area contributed by atoms with Gasteiger partial charge in [-0.1, -0.05) is 19.3 Å². The first-order valence-electron chi connectivity index (χ1n) is 9.23. The molecule has 0 N–H and O–H groups in total. The molecular formula is C19H25FN2O4. The van der Waals surface area contributed by atoms with E-state index in [9.17, 15) is 19.3 Å². The fraction of sp³-hybridized carbons (Fsp3) is 0.632. The Morgan fingerprint density at radius 3 is 2.65 bits per heavy atom. The number of benzene rings is 1. The molecule has 0 aromatic heterocycles. The Morgan fingerprint density at radius 1 is 1.38 bits per heavy atom. The molecule has 0 unspecified atom stereocenters. The van der Waals surface area contributed by atoms with Crippen molar-refractivity contribution in [3.8, 4) is 0 Å². The van der Waals surface area contributed by atoms with Crippen molar-refractivity contribution in [3.05, 3.63) is 39.7 Å². The molecule has 2 aliphatic rings. The van der Waals surface area contributed by atoms with Gasteiger partial charge in [0.15, 0.2) is 0 Å². The van der Waals surface area contributed by atoms with Crippen LogP contribution in [-0.4, -0.2) is 41.5 Å². The maximum atomic E-state index is 14.3. The second-order valence-electron chi connectivity index (χ2n) is 7.33. The van der Waals surface area contributed by atoms with Crippen LogP contribution in [0, 0.1) is 21.3 Å². The summed E-state index contributed by atoms with van der Waals surface area (Å²) >= 11 is 0. The zero-order chi connectivity index (χ0) is 18.9. The van der Waals surface area contributed by atoms with Crippen molar-refractivity contribution >= 4 is 11.6 Å². The van der Waals surface area contributed by atoms with Gasteiger partial charge in [-0.3, -0.25) is 14.9 Å². The Balaban J connectivity index is 1.81. The lowest BCUT2D eigenvalue weighted by molar-refractivity contribution is -0.385. The molecule has 6 nitrogen and oxygen atoms in total. The monoisotopic (exact) mass is 364 g/mol. The minimum atomic E-state index is -0.852. The van der Waals surface area contributed by atoms with Crippen LogP contribution in [0.25, 0.3) is 0 Å². The first kappa shape index (κ1) is 18.8. The largest absolute Gasteiger partial charge is 0.378 e. The second-order valence-corrected chi connectivity index (χ2v) is 7.33. The highest BCUT2D eigenvalue weighted by atomic mass is 19.1. The molecule has 0 saturated heterocycles. The van der Waals surface area contributed by atoms with Gasteiger partial charge in [0.05, 0.1) is 22.7 Å². The van der Waals surface area contributed by atoms with Crippen molar-refractivity contribution in [2.45, 2.75) is 57.6 Å². The fourth-order valence-corrected chi connectivity index (χ4v) is 4.69. The summed E-state index contributed by atoms with van der Waals surface area (Å²) < 4.78 is 20.2. The molecule has 26 heavy (non-hydrogen) atoms. The number of ether oxygens (including phenoxy) is 1. The lowest BCUT2D eigenvalue weighted by Gasteiger charge is -2.60. The highest BCUT2D eigenvalue weighted by molar-refractivity contribution is 5.95. The predicted molar refractivity (Wildman–Crippen MR) is 94.5 cm³/mol. The number of halogens is 1. The van der Waals surface area contributed by atoms with E-state index < -0.39 is 16.6 Å². The summed E-state index contributed by atoms with van der Waals surface area (Å²) in [7, 11) is 1.70. The molecule has 1 amide bonds. The minimum absolute atomic E-state index is 0.0152. The lowest BCUT2D eigenvalue weighted by atomic mass is 9.54. The van der Waals surface area contributed by atoms with E-state index in [1.807, 2.05) is 6.92 Å². The Morgan fingerprint density at radius 2 is 2.08 bits per heavy atom. The Bertz CT molecular complexity index is 703. The lowest BCUT2D eigenvalue weighted by Crippen LogP contribution is -2.65.